The Bertz CT molecular complexity index is 396. The summed E-state index contributed by atoms with van der Waals surface area (Å²) in [6.07, 6.45) is 2.92. The quantitative estimate of drug-likeness (QED) is 0.724. The average Bonchev–Trinajstić information content (AvgIpc) is 2.25. The summed E-state index contributed by atoms with van der Waals surface area (Å²) in [6, 6.07) is 9.65. The molecule has 1 amide bonds. The predicted molar refractivity (Wildman–Crippen MR) is 62.5 cm³/mol. The van der Waals surface area contributed by atoms with Crippen LogP contribution >= 0.6 is 0 Å². The molecule has 3 heteroatoms. The first-order valence-corrected chi connectivity index (χ1v) is 5.09. The summed E-state index contributed by atoms with van der Waals surface area (Å²) in [5.41, 5.74) is 1.03. The van der Waals surface area contributed by atoms with Gasteiger partial charge in [-0.25, -0.2) is 0 Å². The first-order chi connectivity index (χ1) is 7.59. The number of amides is 1. The van der Waals surface area contributed by atoms with Crippen LogP contribution < -0.4 is 0 Å². The van der Waals surface area contributed by atoms with Crippen molar-refractivity contribution in [1.29, 1.82) is 0 Å². The fraction of sp³-hybridized carbons (Fsp3) is 0.231. The minimum Gasteiger partial charge on any atom is -0.315 e. The van der Waals surface area contributed by atoms with Gasteiger partial charge in [-0.3, -0.25) is 9.59 Å². The zero-order valence-electron chi connectivity index (χ0n) is 9.51. The summed E-state index contributed by atoms with van der Waals surface area (Å²) in [5.74, 6) is -0.152. The van der Waals surface area contributed by atoms with E-state index in [1.54, 1.807) is 0 Å². The van der Waals surface area contributed by atoms with Crippen LogP contribution in [-0.2, 0) is 16.1 Å². The Morgan fingerprint density at radius 1 is 1.19 bits per heavy atom. The highest BCUT2D eigenvalue weighted by Gasteiger charge is 2.05. The maximum atomic E-state index is 11.3. The molecule has 0 aliphatic heterocycles. The minimum atomic E-state index is -0.0821. The molecule has 0 unspecified atom stereocenters. The minimum absolute atomic E-state index is 0.0701. The molecule has 0 saturated carbocycles. The van der Waals surface area contributed by atoms with Gasteiger partial charge in [0.1, 0.15) is 0 Å². The molecule has 0 heterocycles. The van der Waals surface area contributed by atoms with E-state index in [2.05, 4.69) is 0 Å². The van der Waals surface area contributed by atoms with E-state index in [1.807, 2.05) is 30.3 Å². The summed E-state index contributed by atoms with van der Waals surface area (Å²) in [5, 5.41) is 0. The highest BCUT2D eigenvalue weighted by Crippen LogP contribution is 2.05. The standard InChI is InChI=1S/C13H15NO2/c1-11(15)8-9-14(12(2)16)10-13-6-4-3-5-7-13/h3-9H,10H2,1-2H3. The fourth-order valence-electron chi connectivity index (χ4n) is 1.24. The molecule has 84 valence electrons. The van der Waals surface area contributed by atoms with Crippen molar-refractivity contribution >= 4 is 11.7 Å². The van der Waals surface area contributed by atoms with Gasteiger partial charge in [0.05, 0.1) is 6.54 Å². The van der Waals surface area contributed by atoms with Crippen molar-refractivity contribution in [3.8, 4) is 0 Å². The van der Waals surface area contributed by atoms with E-state index in [-0.39, 0.29) is 11.7 Å². The smallest absolute Gasteiger partial charge is 0.223 e. The van der Waals surface area contributed by atoms with Gasteiger partial charge in [-0.05, 0) is 18.6 Å². The number of carbonyl (C=O) groups is 2. The van der Waals surface area contributed by atoms with Gasteiger partial charge in [-0.2, -0.15) is 0 Å². The lowest BCUT2D eigenvalue weighted by molar-refractivity contribution is -0.126. The van der Waals surface area contributed by atoms with Crippen molar-refractivity contribution in [2.45, 2.75) is 20.4 Å². The third-order valence-corrected chi connectivity index (χ3v) is 2.09. The molecular weight excluding hydrogens is 202 g/mol. The summed E-state index contributed by atoms with van der Waals surface area (Å²) in [4.78, 5) is 23.6. The Hall–Kier alpha value is -1.90. The fourth-order valence-corrected chi connectivity index (χ4v) is 1.24. The van der Waals surface area contributed by atoms with Crippen LogP contribution in [-0.4, -0.2) is 16.6 Å². The number of hydrogen-bond donors (Lipinski definition) is 0. The molecule has 0 N–H and O–H groups in total. The monoisotopic (exact) mass is 217 g/mol. The van der Waals surface area contributed by atoms with Gasteiger partial charge in [0, 0.05) is 13.1 Å². The van der Waals surface area contributed by atoms with Gasteiger partial charge in [0.25, 0.3) is 0 Å². The van der Waals surface area contributed by atoms with Crippen LogP contribution in [0.1, 0.15) is 19.4 Å². The topological polar surface area (TPSA) is 37.4 Å². The lowest BCUT2D eigenvalue weighted by atomic mass is 10.2. The molecule has 0 saturated heterocycles. The third-order valence-electron chi connectivity index (χ3n) is 2.09. The van der Waals surface area contributed by atoms with E-state index in [9.17, 15) is 9.59 Å². The lowest BCUT2D eigenvalue weighted by Gasteiger charge is -2.15. The second-order valence-corrected chi connectivity index (χ2v) is 3.56. The van der Waals surface area contributed by atoms with Crippen molar-refractivity contribution in [3.63, 3.8) is 0 Å². The maximum Gasteiger partial charge on any atom is 0.223 e. The Labute approximate surface area is 95.4 Å². The summed E-state index contributed by atoms with van der Waals surface area (Å²) in [6.45, 7) is 3.42. The first kappa shape index (κ1) is 12.2. The molecule has 1 aromatic carbocycles. The molecule has 3 nitrogen and oxygen atoms in total. The summed E-state index contributed by atoms with van der Waals surface area (Å²) >= 11 is 0. The zero-order valence-corrected chi connectivity index (χ0v) is 9.51. The van der Waals surface area contributed by atoms with E-state index in [0.29, 0.717) is 6.54 Å². The first-order valence-electron chi connectivity index (χ1n) is 5.09. The van der Waals surface area contributed by atoms with Crippen LogP contribution in [0.5, 0.6) is 0 Å². The van der Waals surface area contributed by atoms with E-state index in [0.717, 1.165) is 5.56 Å². The second-order valence-electron chi connectivity index (χ2n) is 3.56. The molecule has 0 radical (unpaired) electrons. The summed E-state index contributed by atoms with van der Waals surface area (Å²) < 4.78 is 0. The van der Waals surface area contributed by atoms with Crippen LogP contribution in [0, 0.1) is 0 Å². The average molecular weight is 217 g/mol. The maximum absolute atomic E-state index is 11.3. The van der Waals surface area contributed by atoms with E-state index < -0.39 is 0 Å². The number of hydrogen-bond acceptors (Lipinski definition) is 2. The molecule has 0 fully saturated rings. The normalized spacial score (nSPS) is 10.4. The SMILES string of the molecule is CC(=O)C=CN(Cc1ccccc1)C(C)=O. The van der Waals surface area contributed by atoms with Crippen molar-refractivity contribution in [2.75, 3.05) is 0 Å². The van der Waals surface area contributed by atoms with Crippen molar-refractivity contribution in [2.24, 2.45) is 0 Å². The molecule has 0 aliphatic rings. The Balaban J connectivity index is 2.73. The van der Waals surface area contributed by atoms with Crippen LogP contribution in [0.3, 0.4) is 0 Å². The van der Waals surface area contributed by atoms with E-state index >= 15 is 0 Å². The zero-order chi connectivity index (χ0) is 12.0. The predicted octanol–water partition coefficient (Wildman–Crippen LogP) is 2.14. The number of nitrogens with zero attached hydrogens (tertiary/aromatic N) is 1. The lowest BCUT2D eigenvalue weighted by Crippen LogP contribution is -2.22. The third kappa shape index (κ3) is 4.09. The highest BCUT2D eigenvalue weighted by molar-refractivity contribution is 5.87. The Morgan fingerprint density at radius 2 is 1.81 bits per heavy atom. The second kappa shape index (κ2) is 5.85. The molecular formula is C13H15NO2. The van der Waals surface area contributed by atoms with Gasteiger partial charge in [0.2, 0.25) is 5.91 Å². The molecule has 1 aromatic rings. The molecule has 0 aromatic heterocycles. The van der Waals surface area contributed by atoms with Crippen molar-refractivity contribution < 1.29 is 9.59 Å². The highest BCUT2D eigenvalue weighted by atomic mass is 16.2. The van der Waals surface area contributed by atoms with E-state index in [4.69, 9.17) is 0 Å². The molecule has 0 aliphatic carbocycles. The van der Waals surface area contributed by atoms with E-state index in [1.165, 1.54) is 31.0 Å². The van der Waals surface area contributed by atoms with Gasteiger partial charge in [-0.1, -0.05) is 30.3 Å². The Kier molecular flexibility index (Phi) is 4.45. The number of allylic oxidation sites excluding steroid dienone is 1. The van der Waals surface area contributed by atoms with Crippen LogP contribution in [0.4, 0.5) is 0 Å². The van der Waals surface area contributed by atoms with Crippen LogP contribution in [0.15, 0.2) is 42.6 Å². The van der Waals surface area contributed by atoms with Crippen molar-refractivity contribution in [3.05, 3.63) is 48.2 Å². The number of rotatable bonds is 4. The molecule has 1 rings (SSSR count). The number of carbonyl (C=O) groups excluding carboxylic acids is 2. The van der Waals surface area contributed by atoms with Gasteiger partial charge < -0.3 is 4.90 Å². The molecule has 0 bridgehead atoms. The van der Waals surface area contributed by atoms with Gasteiger partial charge >= 0.3 is 0 Å². The Morgan fingerprint density at radius 3 is 2.31 bits per heavy atom. The van der Waals surface area contributed by atoms with Crippen molar-refractivity contribution in [1.82, 2.24) is 4.90 Å². The molecule has 16 heavy (non-hydrogen) atoms. The molecule has 0 spiro atoms. The number of benzene rings is 1. The van der Waals surface area contributed by atoms with Crippen LogP contribution in [0.25, 0.3) is 0 Å². The largest absolute Gasteiger partial charge is 0.315 e. The van der Waals surface area contributed by atoms with Gasteiger partial charge in [0.15, 0.2) is 5.78 Å². The van der Waals surface area contributed by atoms with Gasteiger partial charge in [-0.15, -0.1) is 0 Å². The van der Waals surface area contributed by atoms with Crippen LogP contribution in [0.2, 0.25) is 0 Å². The number of ketones is 1. The summed E-state index contributed by atoms with van der Waals surface area (Å²) in [7, 11) is 0. The molecule has 0 atom stereocenters.